The first-order valence-corrected chi connectivity index (χ1v) is 17.6. The quantitative estimate of drug-likeness (QED) is 0.421. The van der Waals surface area contributed by atoms with E-state index >= 15 is 0 Å². The Hall–Kier alpha value is -0.161. The standard InChI is InChI=1S/C7H5N2S.3C4H9.Sn/c1-5-3-2-4-6-7(5)9-10-8-6;3*1-3-4-2;/h2-3H,1H3;3*1,3-4H2,2H3;. The van der Waals surface area contributed by atoms with E-state index < -0.39 is 18.4 Å². The van der Waals surface area contributed by atoms with Gasteiger partial charge in [-0.15, -0.1) is 0 Å². The summed E-state index contributed by atoms with van der Waals surface area (Å²) in [6.07, 6.45) is 8.16. The van der Waals surface area contributed by atoms with Crippen LogP contribution in [0.5, 0.6) is 0 Å². The van der Waals surface area contributed by atoms with E-state index in [4.69, 9.17) is 4.37 Å². The van der Waals surface area contributed by atoms with Gasteiger partial charge in [-0.1, -0.05) is 0 Å². The summed E-state index contributed by atoms with van der Waals surface area (Å²) in [6, 6.07) is 4.77. The number of rotatable bonds is 10. The van der Waals surface area contributed by atoms with Gasteiger partial charge in [-0.3, -0.25) is 0 Å². The van der Waals surface area contributed by atoms with E-state index in [9.17, 15) is 0 Å². The Morgan fingerprint density at radius 3 is 1.87 bits per heavy atom. The van der Waals surface area contributed by atoms with Gasteiger partial charge in [0.25, 0.3) is 0 Å². The van der Waals surface area contributed by atoms with Crippen molar-refractivity contribution in [3.8, 4) is 0 Å². The Labute approximate surface area is 150 Å². The summed E-state index contributed by atoms with van der Waals surface area (Å²) in [6.45, 7) is 9.19. The molecule has 1 heterocycles. The molecule has 1 aromatic carbocycles. The van der Waals surface area contributed by atoms with Crippen LogP contribution in [0.15, 0.2) is 12.1 Å². The van der Waals surface area contributed by atoms with Gasteiger partial charge in [-0.2, -0.15) is 0 Å². The second-order valence-electron chi connectivity index (χ2n) is 6.98. The predicted molar refractivity (Wildman–Crippen MR) is 107 cm³/mol. The van der Waals surface area contributed by atoms with Crippen LogP contribution in [0.4, 0.5) is 0 Å². The zero-order valence-corrected chi connectivity index (χ0v) is 19.0. The third-order valence-electron chi connectivity index (χ3n) is 5.22. The summed E-state index contributed by atoms with van der Waals surface area (Å²) < 4.78 is 15.5. The summed E-state index contributed by atoms with van der Waals surface area (Å²) in [5, 5.41) is 0. The third-order valence-corrected chi connectivity index (χ3v) is 21.4. The van der Waals surface area contributed by atoms with Crippen LogP contribution in [-0.4, -0.2) is 27.1 Å². The molecule has 0 saturated carbocycles. The zero-order valence-electron chi connectivity index (χ0n) is 15.3. The first kappa shape index (κ1) is 19.2. The topological polar surface area (TPSA) is 25.8 Å². The molecule has 0 fully saturated rings. The van der Waals surface area contributed by atoms with Crippen molar-refractivity contribution in [2.75, 3.05) is 0 Å². The molecular formula is C19H32N2SSn. The number of unbranched alkanes of at least 4 members (excludes halogenated alkanes) is 3. The summed E-state index contributed by atoms with van der Waals surface area (Å²) in [4.78, 5) is 0. The van der Waals surface area contributed by atoms with E-state index in [0.29, 0.717) is 0 Å². The van der Waals surface area contributed by atoms with Crippen LogP contribution in [0.2, 0.25) is 13.3 Å². The second-order valence-corrected chi connectivity index (χ2v) is 20.6. The minimum atomic E-state index is -2.39. The first-order chi connectivity index (χ1) is 11.2. The monoisotopic (exact) mass is 440 g/mol. The van der Waals surface area contributed by atoms with E-state index in [1.807, 2.05) is 0 Å². The Kier molecular flexibility index (Phi) is 7.80. The summed E-state index contributed by atoms with van der Waals surface area (Å²) in [5.41, 5.74) is 3.74. The van der Waals surface area contributed by atoms with Crippen molar-refractivity contribution in [1.29, 1.82) is 0 Å². The van der Waals surface area contributed by atoms with Crippen LogP contribution in [0.3, 0.4) is 0 Å². The number of hydrogen-bond donors (Lipinski definition) is 0. The summed E-state index contributed by atoms with van der Waals surface area (Å²) in [5.74, 6) is 0. The molecule has 0 aliphatic rings. The number of fused-ring (bicyclic) bond motifs is 1. The minimum absolute atomic E-state index is 1.18. The fraction of sp³-hybridized carbons (Fsp3) is 0.684. The average Bonchev–Trinajstić information content (AvgIpc) is 3.06. The van der Waals surface area contributed by atoms with Gasteiger partial charge in [-0.25, -0.2) is 0 Å². The van der Waals surface area contributed by atoms with Crippen LogP contribution in [0.25, 0.3) is 11.0 Å². The molecule has 0 aliphatic carbocycles. The molecule has 23 heavy (non-hydrogen) atoms. The van der Waals surface area contributed by atoms with Gasteiger partial charge >= 0.3 is 151 Å². The van der Waals surface area contributed by atoms with Crippen molar-refractivity contribution in [2.45, 2.75) is 79.5 Å². The van der Waals surface area contributed by atoms with E-state index in [-0.39, 0.29) is 0 Å². The molecule has 2 rings (SSSR count). The molecule has 0 saturated heterocycles. The molecule has 0 atom stereocenters. The SMILES string of the molecule is CCC[CH2][Sn]([CH2]CCC)([CH2]CCC)[c]1ccc(C)c2nsnc12. The van der Waals surface area contributed by atoms with Crippen LogP contribution in [-0.2, 0) is 0 Å². The molecule has 128 valence electrons. The molecule has 0 aliphatic heterocycles. The second kappa shape index (κ2) is 9.36. The Balaban J connectivity index is 2.51. The average molecular weight is 439 g/mol. The van der Waals surface area contributed by atoms with Crippen molar-refractivity contribution >= 4 is 44.7 Å². The van der Waals surface area contributed by atoms with Crippen molar-refractivity contribution in [1.82, 2.24) is 8.75 Å². The molecule has 0 unspecified atom stereocenters. The van der Waals surface area contributed by atoms with Crippen LogP contribution < -0.4 is 3.58 Å². The number of nitrogens with zero attached hydrogens (tertiary/aromatic N) is 2. The van der Waals surface area contributed by atoms with Crippen molar-refractivity contribution in [2.24, 2.45) is 0 Å². The van der Waals surface area contributed by atoms with E-state index in [0.717, 1.165) is 0 Å². The maximum absolute atomic E-state index is 4.75. The van der Waals surface area contributed by atoms with Gasteiger partial charge in [0, 0.05) is 0 Å². The van der Waals surface area contributed by atoms with Crippen LogP contribution in [0.1, 0.15) is 64.9 Å². The van der Waals surface area contributed by atoms with Gasteiger partial charge in [0.1, 0.15) is 0 Å². The van der Waals surface area contributed by atoms with E-state index in [1.165, 1.54) is 80.2 Å². The fourth-order valence-corrected chi connectivity index (χ4v) is 21.0. The Morgan fingerprint density at radius 1 is 0.826 bits per heavy atom. The third kappa shape index (κ3) is 4.47. The van der Waals surface area contributed by atoms with Gasteiger partial charge in [0.15, 0.2) is 0 Å². The molecule has 0 spiro atoms. The predicted octanol–water partition coefficient (Wildman–Crippen LogP) is 6.06. The van der Waals surface area contributed by atoms with Gasteiger partial charge < -0.3 is 0 Å². The number of aromatic nitrogens is 2. The summed E-state index contributed by atoms with van der Waals surface area (Å²) in [7, 11) is 0. The Bertz CT molecular complexity index is 587. The molecule has 0 radical (unpaired) electrons. The van der Waals surface area contributed by atoms with Crippen molar-refractivity contribution in [3.63, 3.8) is 0 Å². The number of benzene rings is 1. The van der Waals surface area contributed by atoms with E-state index in [1.54, 1.807) is 3.58 Å². The number of aryl methyl sites for hydroxylation is 1. The normalized spacial score (nSPS) is 12.2. The molecule has 1 aromatic heterocycles. The molecular weight excluding hydrogens is 407 g/mol. The fourth-order valence-electron chi connectivity index (χ4n) is 3.74. The van der Waals surface area contributed by atoms with Crippen molar-refractivity contribution < 1.29 is 0 Å². The van der Waals surface area contributed by atoms with Gasteiger partial charge in [0.05, 0.1) is 0 Å². The zero-order chi connectivity index (χ0) is 16.7. The molecule has 2 aromatic rings. The molecule has 0 N–H and O–H groups in total. The van der Waals surface area contributed by atoms with Crippen LogP contribution >= 0.6 is 11.7 Å². The maximum atomic E-state index is 4.75. The first-order valence-electron chi connectivity index (χ1n) is 9.41. The molecule has 0 bridgehead atoms. The number of hydrogen-bond acceptors (Lipinski definition) is 3. The van der Waals surface area contributed by atoms with Crippen LogP contribution in [0, 0.1) is 6.92 Å². The van der Waals surface area contributed by atoms with Gasteiger partial charge in [-0.05, 0) is 0 Å². The Morgan fingerprint density at radius 2 is 1.35 bits per heavy atom. The molecule has 4 heteroatoms. The van der Waals surface area contributed by atoms with Crippen molar-refractivity contribution in [3.05, 3.63) is 17.7 Å². The summed E-state index contributed by atoms with van der Waals surface area (Å²) >= 11 is -0.989. The molecule has 0 amide bonds. The molecule has 2 nitrogen and oxygen atoms in total. The van der Waals surface area contributed by atoms with Gasteiger partial charge in [0.2, 0.25) is 0 Å². The van der Waals surface area contributed by atoms with E-state index in [2.05, 4.69) is 44.2 Å².